The molecule has 26 heavy (non-hydrogen) atoms. The van der Waals surface area contributed by atoms with Gasteiger partial charge < -0.3 is 10.3 Å². The number of hydrogen-bond donors (Lipinski definition) is 2. The molecule has 1 saturated heterocycles. The van der Waals surface area contributed by atoms with E-state index in [1.165, 1.54) is 39.3 Å². The summed E-state index contributed by atoms with van der Waals surface area (Å²) in [4.78, 5) is 10.0. The fourth-order valence-electron chi connectivity index (χ4n) is 4.02. The first kappa shape index (κ1) is 15.4. The van der Waals surface area contributed by atoms with Gasteiger partial charge >= 0.3 is 0 Å². The molecule has 0 aliphatic carbocycles. The Hall–Kier alpha value is -2.85. The number of benzene rings is 2. The minimum absolute atomic E-state index is 0.491. The Kier molecular flexibility index (Phi) is 3.83. The molecule has 4 nitrogen and oxygen atoms in total. The average Bonchev–Trinajstić information content (AvgIpc) is 3.31. The van der Waals surface area contributed by atoms with Gasteiger partial charge in [-0.3, -0.25) is 9.88 Å². The minimum atomic E-state index is 0.491. The molecule has 3 heterocycles. The first-order chi connectivity index (χ1) is 12.8. The van der Waals surface area contributed by atoms with E-state index in [0.717, 1.165) is 19.6 Å². The minimum Gasteiger partial charge on any atom is -0.380 e. The standard InChI is InChI=1S/C22H22N4/c1-2-18-13-23-9-7-20(18)22(3-1)25-19-8-11-26(15-19)14-16-4-5-21-17(12-16)6-10-24-21/h1-7,9-10,12-13,19,24-25H,8,11,14-15H2/t19-/m1/s1. The molecular weight excluding hydrogens is 320 g/mol. The molecule has 0 spiro atoms. The Balaban J connectivity index is 1.28. The quantitative estimate of drug-likeness (QED) is 0.578. The molecule has 1 atom stereocenters. The zero-order valence-electron chi connectivity index (χ0n) is 14.7. The molecule has 2 aromatic heterocycles. The maximum absolute atomic E-state index is 4.22. The summed E-state index contributed by atoms with van der Waals surface area (Å²) in [6, 6.07) is 17.8. The molecule has 1 fully saturated rings. The summed E-state index contributed by atoms with van der Waals surface area (Å²) in [6.45, 7) is 3.22. The molecule has 5 rings (SSSR count). The molecule has 2 aromatic carbocycles. The fourth-order valence-corrected chi connectivity index (χ4v) is 4.02. The van der Waals surface area contributed by atoms with Crippen molar-refractivity contribution in [2.24, 2.45) is 0 Å². The van der Waals surface area contributed by atoms with Crippen LogP contribution in [0.3, 0.4) is 0 Å². The van der Waals surface area contributed by atoms with Crippen LogP contribution in [0.15, 0.2) is 67.1 Å². The van der Waals surface area contributed by atoms with Gasteiger partial charge in [0.15, 0.2) is 0 Å². The Bertz CT molecular complexity index is 1050. The first-order valence-corrected chi connectivity index (χ1v) is 9.23. The number of fused-ring (bicyclic) bond motifs is 2. The van der Waals surface area contributed by atoms with Gasteiger partial charge in [0.1, 0.15) is 0 Å². The summed E-state index contributed by atoms with van der Waals surface area (Å²) < 4.78 is 0. The van der Waals surface area contributed by atoms with E-state index in [9.17, 15) is 0 Å². The highest BCUT2D eigenvalue weighted by atomic mass is 15.2. The van der Waals surface area contributed by atoms with Crippen LogP contribution in [0, 0.1) is 0 Å². The summed E-state index contributed by atoms with van der Waals surface area (Å²) in [7, 11) is 0. The molecule has 1 aliphatic rings. The number of nitrogens with zero attached hydrogens (tertiary/aromatic N) is 2. The molecule has 0 saturated carbocycles. The van der Waals surface area contributed by atoms with Crippen LogP contribution in [-0.4, -0.2) is 34.0 Å². The van der Waals surface area contributed by atoms with Crippen LogP contribution in [0.1, 0.15) is 12.0 Å². The van der Waals surface area contributed by atoms with Gasteiger partial charge in [0.05, 0.1) is 0 Å². The molecular formula is C22H22N4. The molecule has 4 heteroatoms. The smallest absolute Gasteiger partial charge is 0.0454 e. The molecule has 0 unspecified atom stereocenters. The molecule has 0 amide bonds. The second-order valence-corrected chi connectivity index (χ2v) is 7.17. The van der Waals surface area contributed by atoms with Gasteiger partial charge in [-0.25, -0.2) is 0 Å². The summed E-state index contributed by atoms with van der Waals surface area (Å²) in [5.74, 6) is 0. The predicted octanol–water partition coefficient (Wildman–Crippen LogP) is 4.40. The number of pyridine rings is 1. The number of H-pyrrole nitrogens is 1. The van der Waals surface area contributed by atoms with E-state index in [0.29, 0.717) is 6.04 Å². The van der Waals surface area contributed by atoms with Gasteiger partial charge in [0.2, 0.25) is 0 Å². The lowest BCUT2D eigenvalue weighted by Crippen LogP contribution is -2.26. The van der Waals surface area contributed by atoms with E-state index in [-0.39, 0.29) is 0 Å². The summed E-state index contributed by atoms with van der Waals surface area (Å²) in [5.41, 5.74) is 3.81. The van der Waals surface area contributed by atoms with Gasteiger partial charge in [-0.1, -0.05) is 18.2 Å². The average molecular weight is 342 g/mol. The van der Waals surface area contributed by atoms with Crippen molar-refractivity contribution in [2.45, 2.75) is 19.0 Å². The largest absolute Gasteiger partial charge is 0.380 e. The lowest BCUT2D eigenvalue weighted by Gasteiger charge is -2.18. The molecule has 0 radical (unpaired) electrons. The van der Waals surface area contributed by atoms with Gasteiger partial charge in [-0.15, -0.1) is 0 Å². The summed E-state index contributed by atoms with van der Waals surface area (Å²) >= 11 is 0. The molecule has 130 valence electrons. The van der Waals surface area contributed by atoms with Crippen LogP contribution in [0.2, 0.25) is 0 Å². The van der Waals surface area contributed by atoms with Crippen molar-refractivity contribution in [1.29, 1.82) is 0 Å². The van der Waals surface area contributed by atoms with Crippen LogP contribution >= 0.6 is 0 Å². The lowest BCUT2D eigenvalue weighted by atomic mass is 10.1. The van der Waals surface area contributed by atoms with Crippen molar-refractivity contribution in [2.75, 3.05) is 18.4 Å². The SMILES string of the molecule is c1cc(N[C@@H]2CCN(Cc3ccc4[nH]ccc4c3)C2)c2ccncc2c1. The number of hydrogen-bond acceptors (Lipinski definition) is 3. The number of nitrogens with one attached hydrogen (secondary N) is 2. The Morgan fingerprint density at radius 3 is 3.12 bits per heavy atom. The van der Waals surface area contributed by atoms with Crippen molar-refractivity contribution in [3.63, 3.8) is 0 Å². The Morgan fingerprint density at radius 1 is 1.12 bits per heavy atom. The van der Waals surface area contributed by atoms with E-state index < -0.39 is 0 Å². The number of rotatable bonds is 4. The highest BCUT2D eigenvalue weighted by Gasteiger charge is 2.22. The van der Waals surface area contributed by atoms with Crippen LogP contribution in [0.4, 0.5) is 5.69 Å². The third-order valence-corrected chi connectivity index (χ3v) is 5.34. The topological polar surface area (TPSA) is 44.0 Å². The Morgan fingerprint density at radius 2 is 2.12 bits per heavy atom. The molecule has 0 bridgehead atoms. The summed E-state index contributed by atoms with van der Waals surface area (Å²) in [6.07, 6.45) is 6.97. The van der Waals surface area contributed by atoms with Gasteiger partial charge in [0.25, 0.3) is 0 Å². The maximum atomic E-state index is 4.22. The first-order valence-electron chi connectivity index (χ1n) is 9.23. The van der Waals surface area contributed by atoms with Crippen LogP contribution < -0.4 is 5.32 Å². The van der Waals surface area contributed by atoms with Gasteiger partial charge in [0, 0.05) is 66.2 Å². The predicted molar refractivity (Wildman–Crippen MR) is 107 cm³/mol. The van der Waals surface area contributed by atoms with Crippen LogP contribution in [-0.2, 0) is 6.54 Å². The lowest BCUT2D eigenvalue weighted by molar-refractivity contribution is 0.329. The third kappa shape index (κ3) is 2.93. The third-order valence-electron chi connectivity index (χ3n) is 5.34. The van der Waals surface area contributed by atoms with E-state index >= 15 is 0 Å². The number of aromatic amines is 1. The number of likely N-dealkylation sites (tertiary alicyclic amines) is 1. The zero-order valence-corrected chi connectivity index (χ0v) is 14.7. The highest BCUT2D eigenvalue weighted by molar-refractivity contribution is 5.93. The molecule has 1 aliphatic heterocycles. The molecule has 4 aromatic rings. The van der Waals surface area contributed by atoms with Gasteiger partial charge in [-0.2, -0.15) is 0 Å². The van der Waals surface area contributed by atoms with E-state index in [1.807, 2.05) is 18.6 Å². The second kappa shape index (κ2) is 6.46. The molecule has 2 N–H and O–H groups in total. The Labute approximate surface area is 152 Å². The van der Waals surface area contributed by atoms with Crippen molar-refractivity contribution < 1.29 is 0 Å². The van der Waals surface area contributed by atoms with E-state index in [4.69, 9.17) is 0 Å². The number of anilines is 1. The van der Waals surface area contributed by atoms with Gasteiger partial charge in [-0.05, 0) is 47.7 Å². The fraction of sp³-hybridized carbons (Fsp3) is 0.227. The second-order valence-electron chi connectivity index (χ2n) is 7.17. The van der Waals surface area contributed by atoms with Crippen molar-refractivity contribution in [3.8, 4) is 0 Å². The van der Waals surface area contributed by atoms with Crippen molar-refractivity contribution >= 4 is 27.4 Å². The van der Waals surface area contributed by atoms with E-state index in [2.05, 4.69) is 68.7 Å². The van der Waals surface area contributed by atoms with E-state index in [1.54, 1.807) is 0 Å². The number of aromatic nitrogens is 2. The van der Waals surface area contributed by atoms with Crippen molar-refractivity contribution in [1.82, 2.24) is 14.9 Å². The monoisotopic (exact) mass is 342 g/mol. The van der Waals surface area contributed by atoms with Crippen LogP contribution in [0.25, 0.3) is 21.7 Å². The zero-order chi connectivity index (χ0) is 17.3. The highest BCUT2D eigenvalue weighted by Crippen LogP contribution is 2.25. The maximum Gasteiger partial charge on any atom is 0.0454 e. The normalized spacial score (nSPS) is 17.9. The summed E-state index contributed by atoms with van der Waals surface area (Å²) in [5, 5.41) is 7.48. The van der Waals surface area contributed by atoms with Crippen LogP contribution in [0.5, 0.6) is 0 Å². The van der Waals surface area contributed by atoms with Crippen molar-refractivity contribution in [3.05, 3.63) is 72.7 Å².